The average Bonchev–Trinajstić information content (AvgIpc) is 3.22. The van der Waals surface area contributed by atoms with Crippen LogP contribution in [-0.4, -0.2) is 52.1 Å². The van der Waals surface area contributed by atoms with Gasteiger partial charge >= 0.3 is 0 Å². The maximum atomic E-state index is 12.6. The second-order valence-electron chi connectivity index (χ2n) is 6.27. The van der Waals surface area contributed by atoms with Crippen molar-refractivity contribution in [3.63, 3.8) is 0 Å². The molecule has 3 rings (SSSR count). The third-order valence-electron chi connectivity index (χ3n) is 4.96. The van der Waals surface area contributed by atoms with E-state index in [9.17, 15) is 4.79 Å². The number of aromatic nitrogens is 2. The highest BCUT2D eigenvalue weighted by Gasteiger charge is 2.35. The second kappa shape index (κ2) is 7.24. The summed E-state index contributed by atoms with van der Waals surface area (Å²) >= 11 is 0. The number of amides is 1. The van der Waals surface area contributed by atoms with Gasteiger partial charge in [-0.15, -0.1) is 0 Å². The Kier molecular flexibility index (Phi) is 5.10. The zero-order valence-corrected chi connectivity index (χ0v) is 13.4. The third kappa shape index (κ3) is 3.33. The van der Waals surface area contributed by atoms with Crippen LogP contribution < -0.4 is 10.6 Å². The number of aryl methyl sites for hydroxylation is 1. The van der Waals surface area contributed by atoms with Gasteiger partial charge in [-0.3, -0.25) is 9.69 Å². The van der Waals surface area contributed by atoms with Gasteiger partial charge < -0.3 is 15.2 Å². The van der Waals surface area contributed by atoms with E-state index in [-0.39, 0.29) is 11.9 Å². The van der Waals surface area contributed by atoms with E-state index in [0.717, 1.165) is 57.6 Å². The average molecular weight is 305 g/mol. The van der Waals surface area contributed by atoms with Crippen LogP contribution in [0.3, 0.4) is 0 Å². The molecule has 6 nitrogen and oxygen atoms in total. The summed E-state index contributed by atoms with van der Waals surface area (Å²) in [5.41, 5.74) is 1.07. The molecule has 2 aliphatic heterocycles. The lowest BCUT2D eigenvalue weighted by molar-refractivity contribution is -0.126. The molecular weight excluding hydrogens is 278 g/mol. The molecule has 2 saturated heterocycles. The van der Waals surface area contributed by atoms with Crippen molar-refractivity contribution in [1.29, 1.82) is 0 Å². The minimum absolute atomic E-state index is 0.0566. The van der Waals surface area contributed by atoms with Crippen molar-refractivity contribution in [2.75, 3.05) is 19.6 Å². The van der Waals surface area contributed by atoms with E-state index in [4.69, 9.17) is 0 Å². The van der Waals surface area contributed by atoms with Gasteiger partial charge in [0.05, 0.1) is 24.6 Å². The fraction of sp³-hybridized carbons (Fsp3) is 0.750. The van der Waals surface area contributed by atoms with Gasteiger partial charge in [0.25, 0.3) is 0 Å². The number of piperidine rings is 1. The molecule has 2 aliphatic rings. The van der Waals surface area contributed by atoms with E-state index in [1.165, 1.54) is 0 Å². The van der Waals surface area contributed by atoms with Gasteiger partial charge in [0.15, 0.2) is 0 Å². The summed E-state index contributed by atoms with van der Waals surface area (Å²) in [6.07, 6.45) is 8.10. The molecule has 0 radical (unpaired) electrons. The number of hydrogen-bond donors (Lipinski definition) is 2. The largest absolute Gasteiger partial charge is 0.349 e. The molecule has 0 saturated carbocycles. The molecule has 122 valence electrons. The van der Waals surface area contributed by atoms with E-state index in [0.29, 0.717) is 12.6 Å². The second-order valence-corrected chi connectivity index (χ2v) is 6.27. The Morgan fingerprint density at radius 1 is 1.41 bits per heavy atom. The molecule has 1 aromatic rings. The van der Waals surface area contributed by atoms with Gasteiger partial charge in [0, 0.05) is 18.8 Å². The summed E-state index contributed by atoms with van der Waals surface area (Å²) in [5, 5.41) is 6.52. The lowest BCUT2D eigenvalue weighted by atomic mass is 10.0. The van der Waals surface area contributed by atoms with E-state index in [2.05, 4.69) is 32.0 Å². The molecule has 2 N–H and O–H groups in total. The minimum atomic E-state index is 0.0566. The van der Waals surface area contributed by atoms with Crippen LogP contribution in [0.25, 0.3) is 0 Å². The Bertz CT molecular complexity index is 494. The molecule has 0 aliphatic carbocycles. The Balaban J connectivity index is 1.56. The van der Waals surface area contributed by atoms with Gasteiger partial charge in [0.2, 0.25) is 5.91 Å². The van der Waals surface area contributed by atoms with E-state index in [1.807, 2.05) is 12.5 Å². The van der Waals surface area contributed by atoms with Crippen molar-refractivity contribution in [3.05, 3.63) is 18.2 Å². The lowest BCUT2D eigenvalue weighted by Crippen LogP contribution is -2.50. The van der Waals surface area contributed by atoms with Crippen molar-refractivity contribution in [2.45, 2.75) is 57.8 Å². The first kappa shape index (κ1) is 15.5. The van der Waals surface area contributed by atoms with Crippen molar-refractivity contribution >= 4 is 5.91 Å². The maximum Gasteiger partial charge on any atom is 0.237 e. The fourth-order valence-corrected chi connectivity index (χ4v) is 3.72. The van der Waals surface area contributed by atoms with E-state index in [1.54, 1.807) is 0 Å². The highest BCUT2D eigenvalue weighted by Crippen LogP contribution is 2.24. The molecular formula is C16H27N5O. The Morgan fingerprint density at radius 3 is 3.00 bits per heavy atom. The monoisotopic (exact) mass is 305 g/mol. The summed E-state index contributed by atoms with van der Waals surface area (Å²) < 4.78 is 2.07. The van der Waals surface area contributed by atoms with Crippen LogP contribution in [0.5, 0.6) is 0 Å². The number of imidazole rings is 1. The minimum Gasteiger partial charge on any atom is -0.349 e. The SMILES string of the molecule is CCn1cncc1CNC(=O)[C@@H]1CCCN1C1CCNCC1. The number of carbonyl (C=O) groups excluding carboxylic acids is 1. The number of rotatable bonds is 5. The molecule has 1 atom stereocenters. The number of hydrogen-bond acceptors (Lipinski definition) is 4. The maximum absolute atomic E-state index is 12.6. The molecule has 0 aromatic carbocycles. The topological polar surface area (TPSA) is 62.2 Å². The first-order valence-corrected chi connectivity index (χ1v) is 8.52. The van der Waals surface area contributed by atoms with Gasteiger partial charge in [-0.2, -0.15) is 0 Å². The zero-order chi connectivity index (χ0) is 15.4. The molecule has 22 heavy (non-hydrogen) atoms. The molecule has 1 amide bonds. The van der Waals surface area contributed by atoms with Crippen LogP contribution in [-0.2, 0) is 17.9 Å². The third-order valence-corrected chi connectivity index (χ3v) is 4.96. The summed E-state index contributed by atoms with van der Waals surface area (Å²) in [4.78, 5) is 19.2. The predicted molar refractivity (Wildman–Crippen MR) is 85.4 cm³/mol. The standard InChI is InChI=1S/C16H27N5O/c1-2-20-12-18-10-14(20)11-19-16(22)15-4-3-9-21(15)13-5-7-17-8-6-13/h10,12-13,15,17H,2-9,11H2,1H3,(H,19,22)/t15-/m0/s1. The normalized spacial score (nSPS) is 23.8. The summed E-state index contributed by atoms with van der Waals surface area (Å²) in [6.45, 7) is 6.76. The Morgan fingerprint density at radius 2 is 2.23 bits per heavy atom. The fourth-order valence-electron chi connectivity index (χ4n) is 3.72. The molecule has 1 aromatic heterocycles. The zero-order valence-electron chi connectivity index (χ0n) is 13.4. The van der Waals surface area contributed by atoms with Crippen LogP contribution in [0.15, 0.2) is 12.5 Å². The molecule has 0 unspecified atom stereocenters. The molecule has 6 heteroatoms. The molecule has 0 bridgehead atoms. The van der Waals surface area contributed by atoms with Crippen molar-refractivity contribution in [1.82, 2.24) is 25.1 Å². The molecule has 0 spiro atoms. The van der Waals surface area contributed by atoms with Crippen LogP contribution in [0, 0.1) is 0 Å². The summed E-state index contributed by atoms with van der Waals surface area (Å²) in [7, 11) is 0. The first-order valence-electron chi connectivity index (χ1n) is 8.52. The van der Waals surface area contributed by atoms with Crippen molar-refractivity contribution in [3.8, 4) is 0 Å². The molecule has 2 fully saturated rings. The Labute approximate surface area is 132 Å². The lowest BCUT2D eigenvalue weighted by Gasteiger charge is -2.35. The molecule has 3 heterocycles. The van der Waals surface area contributed by atoms with Crippen LogP contribution in [0.1, 0.15) is 38.3 Å². The van der Waals surface area contributed by atoms with Gasteiger partial charge in [-0.1, -0.05) is 0 Å². The quantitative estimate of drug-likeness (QED) is 0.842. The van der Waals surface area contributed by atoms with E-state index < -0.39 is 0 Å². The Hall–Kier alpha value is -1.40. The smallest absolute Gasteiger partial charge is 0.237 e. The predicted octanol–water partition coefficient (Wildman–Crippen LogP) is 0.736. The highest BCUT2D eigenvalue weighted by molar-refractivity contribution is 5.82. The van der Waals surface area contributed by atoms with Crippen LogP contribution >= 0.6 is 0 Å². The number of likely N-dealkylation sites (tertiary alicyclic amines) is 1. The van der Waals surface area contributed by atoms with Gasteiger partial charge in [0.1, 0.15) is 0 Å². The number of nitrogens with zero attached hydrogens (tertiary/aromatic N) is 3. The van der Waals surface area contributed by atoms with Gasteiger partial charge in [-0.05, 0) is 52.2 Å². The first-order chi connectivity index (χ1) is 10.8. The van der Waals surface area contributed by atoms with Crippen LogP contribution in [0.2, 0.25) is 0 Å². The van der Waals surface area contributed by atoms with Crippen molar-refractivity contribution in [2.24, 2.45) is 0 Å². The van der Waals surface area contributed by atoms with Crippen LogP contribution in [0.4, 0.5) is 0 Å². The van der Waals surface area contributed by atoms with E-state index >= 15 is 0 Å². The van der Waals surface area contributed by atoms with Gasteiger partial charge in [-0.25, -0.2) is 4.98 Å². The number of nitrogens with one attached hydrogen (secondary N) is 2. The van der Waals surface area contributed by atoms with Crippen molar-refractivity contribution < 1.29 is 4.79 Å². The summed E-state index contributed by atoms with van der Waals surface area (Å²) in [5.74, 6) is 0.180. The number of carbonyl (C=O) groups is 1. The highest BCUT2D eigenvalue weighted by atomic mass is 16.2. The summed E-state index contributed by atoms with van der Waals surface area (Å²) in [6, 6.07) is 0.627.